The van der Waals surface area contributed by atoms with Crippen molar-refractivity contribution in [1.29, 1.82) is 0 Å². The minimum atomic E-state index is -0.648. The van der Waals surface area contributed by atoms with Crippen molar-refractivity contribution < 1.29 is 9.53 Å². The molecule has 1 aromatic heterocycles. The van der Waals surface area contributed by atoms with Crippen LogP contribution in [0, 0.1) is 3.57 Å². The first-order chi connectivity index (χ1) is 6.63. The van der Waals surface area contributed by atoms with E-state index in [1.807, 2.05) is 6.20 Å². The lowest BCUT2D eigenvalue weighted by Crippen LogP contribution is -2.36. The van der Waals surface area contributed by atoms with Gasteiger partial charge in [-0.2, -0.15) is 5.10 Å². The number of rotatable bonds is 4. The van der Waals surface area contributed by atoms with Gasteiger partial charge in [0.1, 0.15) is 6.04 Å². The molecule has 0 bridgehead atoms. The molecule has 0 saturated carbocycles. The van der Waals surface area contributed by atoms with Crippen molar-refractivity contribution in [2.24, 2.45) is 5.73 Å². The van der Waals surface area contributed by atoms with Crippen LogP contribution in [0.4, 0.5) is 0 Å². The number of nitrogens with two attached hydrogens (primary N) is 1. The Bertz CT molecular complexity index is 313. The Balaban J connectivity index is 2.48. The summed E-state index contributed by atoms with van der Waals surface area (Å²) in [5.41, 5.74) is 5.61. The van der Waals surface area contributed by atoms with Crippen LogP contribution < -0.4 is 5.73 Å². The van der Waals surface area contributed by atoms with E-state index in [2.05, 4.69) is 27.7 Å². The van der Waals surface area contributed by atoms with Crippen LogP contribution in [0.3, 0.4) is 0 Å². The van der Waals surface area contributed by atoms with Gasteiger partial charge in [0.25, 0.3) is 0 Å². The Kier molecular flexibility index (Phi) is 4.33. The molecule has 1 rings (SSSR count). The van der Waals surface area contributed by atoms with Gasteiger partial charge in [-0.15, -0.1) is 0 Å². The van der Waals surface area contributed by atoms with Gasteiger partial charge in [-0.1, -0.05) is 0 Å². The molecule has 1 heterocycles. The van der Waals surface area contributed by atoms with Crippen molar-refractivity contribution in [2.75, 3.05) is 6.61 Å². The number of carbonyl (C=O) groups excluding carboxylic acids is 1. The smallest absolute Gasteiger partial charge is 0.324 e. The summed E-state index contributed by atoms with van der Waals surface area (Å²) in [6.07, 6.45) is 3.53. The van der Waals surface area contributed by atoms with Crippen molar-refractivity contribution in [2.45, 2.75) is 19.5 Å². The summed E-state index contributed by atoms with van der Waals surface area (Å²) < 4.78 is 7.42. The fourth-order valence-electron chi connectivity index (χ4n) is 0.964. The molecule has 1 unspecified atom stereocenters. The number of carbonyl (C=O) groups is 1. The summed E-state index contributed by atoms with van der Waals surface area (Å²) in [5, 5.41) is 4.02. The van der Waals surface area contributed by atoms with Crippen LogP contribution in [0.1, 0.15) is 6.92 Å². The maximum absolute atomic E-state index is 11.2. The number of esters is 1. The number of halogens is 1. The van der Waals surface area contributed by atoms with Gasteiger partial charge < -0.3 is 10.5 Å². The number of hydrogen-bond acceptors (Lipinski definition) is 4. The van der Waals surface area contributed by atoms with E-state index >= 15 is 0 Å². The molecular formula is C8H12IN3O2. The zero-order chi connectivity index (χ0) is 10.6. The molecule has 6 heteroatoms. The van der Waals surface area contributed by atoms with Gasteiger partial charge in [-0.25, -0.2) is 0 Å². The number of aromatic nitrogens is 2. The Hall–Kier alpha value is -0.630. The van der Waals surface area contributed by atoms with Crippen molar-refractivity contribution in [3.05, 3.63) is 16.0 Å². The third-order valence-corrected chi connectivity index (χ3v) is 2.13. The molecular weight excluding hydrogens is 297 g/mol. The predicted molar refractivity (Wildman–Crippen MR) is 59.6 cm³/mol. The third-order valence-electron chi connectivity index (χ3n) is 1.57. The Morgan fingerprint density at radius 2 is 2.57 bits per heavy atom. The highest BCUT2D eigenvalue weighted by molar-refractivity contribution is 14.1. The average Bonchev–Trinajstić information content (AvgIpc) is 2.51. The molecule has 0 amide bonds. The van der Waals surface area contributed by atoms with E-state index in [9.17, 15) is 4.79 Å². The minimum absolute atomic E-state index is 0.349. The van der Waals surface area contributed by atoms with E-state index < -0.39 is 12.0 Å². The second-order valence-electron chi connectivity index (χ2n) is 2.74. The summed E-state index contributed by atoms with van der Waals surface area (Å²) in [6, 6.07) is -0.648. The van der Waals surface area contributed by atoms with Gasteiger partial charge >= 0.3 is 5.97 Å². The van der Waals surface area contributed by atoms with Crippen molar-refractivity contribution >= 4 is 28.6 Å². The second-order valence-corrected chi connectivity index (χ2v) is 3.98. The van der Waals surface area contributed by atoms with Crippen LogP contribution >= 0.6 is 22.6 Å². The van der Waals surface area contributed by atoms with Crippen LogP contribution in [-0.4, -0.2) is 28.4 Å². The summed E-state index contributed by atoms with van der Waals surface area (Å²) in [6.45, 7) is 2.45. The third kappa shape index (κ3) is 3.26. The predicted octanol–water partition coefficient (Wildman–Crippen LogP) is 0.378. The molecule has 1 atom stereocenters. The standard InChI is InChI=1S/C8H12IN3O2/c1-2-14-8(13)7(10)5-12-4-6(9)3-11-12/h3-4,7H,2,5,10H2,1H3. The molecule has 0 radical (unpaired) electrons. The van der Waals surface area contributed by atoms with Gasteiger partial charge in [0.15, 0.2) is 0 Å². The molecule has 0 spiro atoms. The number of nitrogens with zero attached hydrogens (tertiary/aromatic N) is 2. The minimum Gasteiger partial charge on any atom is -0.465 e. The van der Waals surface area contributed by atoms with Crippen LogP contribution in [0.2, 0.25) is 0 Å². The fourth-order valence-corrected chi connectivity index (χ4v) is 1.41. The lowest BCUT2D eigenvalue weighted by molar-refractivity contribution is -0.145. The molecule has 1 aromatic rings. The van der Waals surface area contributed by atoms with Gasteiger partial charge in [0.2, 0.25) is 0 Å². The van der Waals surface area contributed by atoms with E-state index in [0.717, 1.165) is 3.57 Å². The average molecular weight is 309 g/mol. The summed E-state index contributed by atoms with van der Waals surface area (Å²) in [5.74, 6) is -0.391. The first-order valence-corrected chi connectivity index (χ1v) is 5.31. The van der Waals surface area contributed by atoms with Gasteiger partial charge in [0.05, 0.1) is 22.9 Å². The second kappa shape index (κ2) is 5.30. The van der Waals surface area contributed by atoms with E-state index in [-0.39, 0.29) is 0 Å². The lowest BCUT2D eigenvalue weighted by atomic mass is 10.3. The van der Waals surface area contributed by atoms with Crippen LogP contribution in [0.15, 0.2) is 12.4 Å². The Labute approximate surface area is 95.7 Å². The Morgan fingerprint density at radius 1 is 1.86 bits per heavy atom. The molecule has 2 N–H and O–H groups in total. The first kappa shape index (κ1) is 11.4. The van der Waals surface area contributed by atoms with Gasteiger partial charge in [-0.3, -0.25) is 9.48 Å². The molecule has 0 aliphatic rings. The number of ether oxygens (including phenoxy) is 1. The van der Waals surface area contributed by atoms with Crippen molar-refractivity contribution in [3.63, 3.8) is 0 Å². The van der Waals surface area contributed by atoms with Gasteiger partial charge in [-0.05, 0) is 29.5 Å². The highest BCUT2D eigenvalue weighted by Gasteiger charge is 2.15. The van der Waals surface area contributed by atoms with E-state index in [0.29, 0.717) is 13.2 Å². The molecule has 78 valence electrons. The largest absolute Gasteiger partial charge is 0.465 e. The van der Waals surface area contributed by atoms with E-state index in [4.69, 9.17) is 10.5 Å². The maximum Gasteiger partial charge on any atom is 0.324 e. The normalized spacial score (nSPS) is 12.5. The first-order valence-electron chi connectivity index (χ1n) is 4.23. The van der Waals surface area contributed by atoms with E-state index in [1.54, 1.807) is 17.8 Å². The monoisotopic (exact) mass is 309 g/mol. The van der Waals surface area contributed by atoms with E-state index in [1.165, 1.54) is 0 Å². The zero-order valence-corrected chi connectivity index (χ0v) is 9.97. The lowest BCUT2D eigenvalue weighted by Gasteiger charge is -2.09. The fraction of sp³-hybridized carbons (Fsp3) is 0.500. The van der Waals surface area contributed by atoms with Gasteiger partial charge in [0, 0.05) is 6.20 Å². The SMILES string of the molecule is CCOC(=O)C(N)Cn1cc(I)cn1. The topological polar surface area (TPSA) is 70.1 Å². The quantitative estimate of drug-likeness (QED) is 0.645. The molecule has 0 aliphatic carbocycles. The Morgan fingerprint density at radius 3 is 3.07 bits per heavy atom. The van der Waals surface area contributed by atoms with Crippen molar-refractivity contribution in [3.8, 4) is 0 Å². The molecule has 0 aromatic carbocycles. The van der Waals surface area contributed by atoms with Crippen LogP contribution in [-0.2, 0) is 16.1 Å². The molecule has 14 heavy (non-hydrogen) atoms. The molecule has 0 fully saturated rings. The highest BCUT2D eigenvalue weighted by Crippen LogP contribution is 2.01. The number of hydrogen-bond donors (Lipinski definition) is 1. The molecule has 5 nitrogen and oxygen atoms in total. The summed E-state index contributed by atoms with van der Waals surface area (Å²) in [7, 11) is 0. The maximum atomic E-state index is 11.2. The zero-order valence-electron chi connectivity index (χ0n) is 7.81. The summed E-state index contributed by atoms with van der Waals surface area (Å²) >= 11 is 2.14. The summed E-state index contributed by atoms with van der Waals surface area (Å²) in [4.78, 5) is 11.2. The van der Waals surface area contributed by atoms with Crippen LogP contribution in [0.5, 0.6) is 0 Å². The highest BCUT2D eigenvalue weighted by atomic mass is 127. The molecule has 0 saturated heterocycles. The van der Waals surface area contributed by atoms with Crippen LogP contribution in [0.25, 0.3) is 0 Å². The van der Waals surface area contributed by atoms with Crippen molar-refractivity contribution in [1.82, 2.24) is 9.78 Å². The molecule has 0 aliphatic heterocycles.